The van der Waals surface area contributed by atoms with Gasteiger partial charge in [0.05, 0.1) is 6.10 Å². The lowest BCUT2D eigenvalue weighted by molar-refractivity contribution is -0.121. The molecular weight excluding hydrogens is 226 g/mol. The Hall–Kier alpha value is -0.570. The summed E-state index contributed by atoms with van der Waals surface area (Å²) in [4.78, 5) is 11.6. The van der Waals surface area contributed by atoms with Crippen LogP contribution in [0.15, 0.2) is 0 Å². The minimum atomic E-state index is -0.403. The summed E-state index contributed by atoms with van der Waals surface area (Å²) in [7, 11) is 0. The molecule has 0 saturated carbocycles. The first-order valence-corrected chi connectivity index (χ1v) is 7.53. The number of carbonyl (C=O) groups is 1. The highest BCUT2D eigenvalue weighted by Gasteiger charge is 2.02. The normalized spacial score (nSPS) is 13.9. The molecule has 0 heterocycles. The minimum Gasteiger partial charge on any atom is -0.392 e. The number of aliphatic hydroxyl groups excluding tert-OH is 1. The number of amides is 1. The van der Waals surface area contributed by atoms with E-state index in [4.69, 9.17) is 2.84 Å². The van der Waals surface area contributed by atoms with Crippen molar-refractivity contribution in [3.63, 3.8) is 0 Å². The van der Waals surface area contributed by atoms with Gasteiger partial charge >= 0.3 is 0 Å². The van der Waals surface area contributed by atoms with Crippen molar-refractivity contribution in [3.05, 3.63) is 0 Å². The van der Waals surface area contributed by atoms with Crippen LogP contribution in [0.2, 0.25) is 1.41 Å². The topological polar surface area (TPSA) is 49.3 Å². The molecule has 1 amide bonds. The van der Waals surface area contributed by atoms with Crippen molar-refractivity contribution in [2.24, 2.45) is 0 Å². The number of unbranched alkanes of at least 4 members (excludes halogenated alkanes) is 8. The monoisotopic (exact) mass is 259 g/mol. The van der Waals surface area contributed by atoms with Gasteiger partial charge in [-0.25, -0.2) is 0 Å². The standard InChI is InChI=1S/C15H31NO2/c1-3-4-5-6-7-8-9-10-11-12-15(18)16-13-14(2)17/h14,17H,3-13H2,1-2H3,(H,16,18)/i17D/hD. The Kier molecular flexibility index (Phi) is 9.91. The zero-order valence-electron chi connectivity index (χ0n) is 14.1. The van der Waals surface area contributed by atoms with E-state index in [0.29, 0.717) is 6.42 Å². The zero-order valence-corrected chi connectivity index (χ0v) is 12.1. The van der Waals surface area contributed by atoms with Crippen LogP contribution < -0.4 is 5.31 Å². The van der Waals surface area contributed by atoms with E-state index in [1.165, 1.54) is 44.9 Å². The zero-order chi connectivity index (χ0) is 15.2. The van der Waals surface area contributed by atoms with Gasteiger partial charge in [-0.15, -0.1) is 0 Å². The Morgan fingerprint density at radius 1 is 1.17 bits per heavy atom. The highest BCUT2D eigenvalue weighted by molar-refractivity contribution is 5.75. The lowest BCUT2D eigenvalue weighted by Crippen LogP contribution is -2.30. The second-order valence-corrected chi connectivity index (χ2v) is 5.12. The lowest BCUT2D eigenvalue weighted by atomic mass is 10.1. The molecule has 0 aromatic carbocycles. The van der Waals surface area contributed by atoms with E-state index in [9.17, 15) is 4.79 Å². The second-order valence-electron chi connectivity index (χ2n) is 5.12. The van der Waals surface area contributed by atoms with Crippen LogP contribution in [0.4, 0.5) is 0 Å². The molecule has 0 aromatic rings. The van der Waals surface area contributed by atoms with Crippen LogP contribution in [-0.4, -0.2) is 25.1 Å². The quantitative estimate of drug-likeness (QED) is 0.498. The summed E-state index contributed by atoms with van der Waals surface area (Å²) in [5.74, 6) is -0.170. The Labute approximate surface area is 115 Å². The average Bonchev–Trinajstić information content (AvgIpc) is 2.45. The van der Waals surface area contributed by atoms with Gasteiger partial charge in [0.25, 0.3) is 0 Å². The molecule has 0 spiro atoms. The van der Waals surface area contributed by atoms with Crippen molar-refractivity contribution in [2.45, 2.75) is 84.2 Å². The first kappa shape index (κ1) is 13.9. The lowest BCUT2D eigenvalue weighted by Gasteiger charge is -2.06. The van der Waals surface area contributed by atoms with Crippen molar-refractivity contribution in [1.29, 1.82) is 1.43 Å². The van der Waals surface area contributed by atoms with Crippen molar-refractivity contribution in [1.82, 2.24) is 5.31 Å². The van der Waals surface area contributed by atoms with E-state index in [1.807, 2.05) is 0 Å². The number of carbonyl (C=O) groups excluding carboxylic acids is 1. The molecular formula is C15H31NO2. The van der Waals surface area contributed by atoms with Crippen LogP contribution in [0, 0.1) is 0 Å². The van der Waals surface area contributed by atoms with Gasteiger partial charge in [0.15, 0.2) is 1.41 Å². The maximum Gasteiger partial charge on any atom is 0.220 e. The Morgan fingerprint density at radius 3 is 2.28 bits per heavy atom. The molecule has 1 atom stereocenters. The summed E-state index contributed by atoms with van der Waals surface area (Å²) in [6.07, 6.45) is 11.0. The van der Waals surface area contributed by atoms with Gasteiger partial charge in [-0.3, -0.25) is 4.79 Å². The van der Waals surface area contributed by atoms with Crippen LogP contribution in [-0.2, 0) is 4.79 Å². The van der Waals surface area contributed by atoms with Gasteiger partial charge < -0.3 is 10.4 Å². The molecule has 0 rings (SSSR count). The third kappa shape index (κ3) is 13.5. The first-order valence-electron chi connectivity index (χ1n) is 8.38. The highest BCUT2D eigenvalue weighted by atomic mass is 16.3. The fourth-order valence-corrected chi connectivity index (χ4v) is 1.90. The van der Waals surface area contributed by atoms with E-state index in [1.54, 1.807) is 6.92 Å². The van der Waals surface area contributed by atoms with Gasteiger partial charge in [0.1, 0.15) is 0 Å². The Balaban J connectivity index is 3.39. The fraction of sp³-hybridized carbons (Fsp3) is 0.933. The van der Waals surface area contributed by atoms with Crippen molar-refractivity contribution >= 4 is 5.91 Å². The van der Waals surface area contributed by atoms with E-state index in [-0.39, 0.29) is 12.5 Å². The molecule has 18 heavy (non-hydrogen) atoms. The number of nitrogens with one attached hydrogen (secondary N) is 1. The Morgan fingerprint density at radius 2 is 1.72 bits per heavy atom. The summed E-state index contributed by atoms with van der Waals surface area (Å²) in [6, 6.07) is 0. The summed E-state index contributed by atoms with van der Waals surface area (Å²) < 4.78 is 14.2. The number of aliphatic hydroxyl groups is 1. The molecule has 0 aromatic heterocycles. The number of rotatable bonds is 13. The molecule has 0 aliphatic heterocycles. The number of hydrogen-bond donors (Lipinski definition) is 2. The van der Waals surface area contributed by atoms with E-state index < -0.39 is 6.10 Å². The molecule has 0 aliphatic rings. The third-order valence-corrected chi connectivity index (χ3v) is 3.02. The smallest absolute Gasteiger partial charge is 0.220 e. The maximum absolute atomic E-state index is 11.6. The van der Waals surface area contributed by atoms with Crippen LogP contribution in [0.25, 0.3) is 0 Å². The summed E-state index contributed by atoms with van der Waals surface area (Å²) in [5.41, 5.74) is 0. The molecule has 1 unspecified atom stereocenters. The predicted molar refractivity (Wildman–Crippen MR) is 76.5 cm³/mol. The molecule has 0 saturated heterocycles. The van der Waals surface area contributed by atoms with E-state index in [0.717, 1.165) is 18.2 Å². The maximum atomic E-state index is 11.6. The van der Waals surface area contributed by atoms with Crippen molar-refractivity contribution in [3.8, 4) is 0 Å². The third-order valence-electron chi connectivity index (χ3n) is 3.02. The van der Waals surface area contributed by atoms with Gasteiger partial charge in [-0.2, -0.15) is 0 Å². The first-order chi connectivity index (χ1) is 9.61. The van der Waals surface area contributed by atoms with Gasteiger partial charge in [-0.1, -0.05) is 58.3 Å². The van der Waals surface area contributed by atoms with Gasteiger partial charge in [0.2, 0.25) is 7.34 Å². The molecule has 0 aliphatic carbocycles. The summed E-state index contributed by atoms with van der Waals surface area (Å²) in [6.45, 7) is 4.07. The molecule has 3 heteroatoms. The SMILES string of the molecule is [2H]OC(C)CN([2H])C(=O)CCCCCCCCCCC. The second kappa shape index (κ2) is 12.9. The van der Waals surface area contributed by atoms with Crippen LogP contribution in [0.3, 0.4) is 0 Å². The highest BCUT2D eigenvalue weighted by Crippen LogP contribution is 2.10. The summed E-state index contributed by atoms with van der Waals surface area (Å²) in [5, 5.41) is 5.23. The molecule has 108 valence electrons. The van der Waals surface area contributed by atoms with E-state index >= 15 is 0 Å². The molecule has 2 N–H and O–H groups in total. The van der Waals surface area contributed by atoms with Gasteiger partial charge in [-0.05, 0) is 13.3 Å². The molecule has 3 nitrogen and oxygen atoms in total. The summed E-state index contributed by atoms with van der Waals surface area (Å²) >= 11 is 0. The van der Waals surface area contributed by atoms with Gasteiger partial charge in [0, 0.05) is 13.0 Å². The van der Waals surface area contributed by atoms with Crippen LogP contribution >= 0.6 is 0 Å². The molecule has 0 radical (unpaired) electrons. The van der Waals surface area contributed by atoms with Crippen LogP contribution in [0.5, 0.6) is 0 Å². The average molecular weight is 259 g/mol. The van der Waals surface area contributed by atoms with Crippen molar-refractivity contribution < 1.29 is 11.3 Å². The van der Waals surface area contributed by atoms with E-state index in [2.05, 4.69) is 12.0 Å². The largest absolute Gasteiger partial charge is 0.392 e. The minimum absolute atomic E-state index is 0.166. The molecule has 0 bridgehead atoms. The number of hydrogen-bond acceptors (Lipinski definition) is 2. The van der Waals surface area contributed by atoms with Crippen LogP contribution in [0.1, 0.15) is 78.1 Å². The Bertz CT molecular complexity index is 240. The predicted octanol–water partition coefficient (Wildman–Crippen LogP) is 3.40. The fourth-order valence-electron chi connectivity index (χ4n) is 1.90. The van der Waals surface area contributed by atoms with Crippen molar-refractivity contribution in [2.75, 3.05) is 6.54 Å². The molecule has 0 fully saturated rings.